The van der Waals surface area contributed by atoms with Gasteiger partial charge in [0, 0.05) is 0 Å². The first-order valence-corrected chi connectivity index (χ1v) is 3.92. The second kappa shape index (κ2) is 5.43. The van der Waals surface area contributed by atoms with Crippen LogP contribution >= 0.6 is 0 Å². The van der Waals surface area contributed by atoms with Crippen LogP contribution in [-0.2, 0) is 0 Å². The zero-order chi connectivity index (χ0) is 9.14. The molecule has 0 aliphatic carbocycles. The van der Waals surface area contributed by atoms with Crippen molar-refractivity contribution in [2.45, 2.75) is 19.8 Å². The summed E-state index contributed by atoms with van der Waals surface area (Å²) in [5, 5.41) is 10.4. The van der Waals surface area contributed by atoms with Crippen LogP contribution in [-0.4, -0.2) is 5.97 Å². The minimum Gasteiger partial charge on any atom is -0.545 e. The zero-order valence-corrected chi connectivity index (χ0v) is 10.2. The summed E-state index contributed by atoms with van der Waals surface area (Å²) in [6.45, 7) is 4.13. The van der Waals surface area contributed by atoms with E-state index in [-0.39, 0.29) is 35.1 Å². The van der Waals surface area contributed by atoms with Crippen LogP contribution in [0.25, 0.3) is 0 Å². The van der Waals surface area contributed by atoms with Crippen molar-refractivity contribution in [1.82, 2.24) is 0 Å². The summed E-state index contributed by atoms with van der Waals surface area (Å²) in [6, 6.07) is 6.78. The summed E-state index contributed by atoms with van der Waals surface area (Å²) in [5.74, 6) is -0.689. The summed E-state index contributed by atoms with van der Waals surface area (Å²) < 4.78 is 0. The third kappa shape index (κ3) is 3.51. The van der Waals surface area contributed by atoms with Gasteiger partial charge >= 0.3 is 29.6 Å². The molecule has 0 heterocycles. The molecular weight excluding hydrogens is 175 g/mol. The van der Waals surface area contributed by atoms with E-state index in [9.17, 15) is 9.90 Å². The van der Waals surface area contributed by atoms with Gasteiger partial charge in [0.15, 0.2) is 0 Å². The van der Waals surface area contributed by atoms with Gasteiger partial charge in [0.25, 0.3) is 0 Å². The molecule has 0 saturated heterocycles. The maximum Gasteiger partial charge on any atom is 1.00 e. The molecule has 0 amide bonds. The number of benzene rings is 1. The fourth-order valence-corrected chi connectivity index (χ4v) is 1.00. The van der Waals surface area contributed by atoms with Crippen LogP contribution in [0.1, 0.15) is 35.7 Å². The number of carbonyl (C=O) groups is 1. The van der Waals surface area contributed by atoms with Gasteiger partial charge < -0.3 is 9.90 Å². The van der Waals surface area contributed by atoms with Gasteiger partial charge in [0.1, 0.15) is 0 Å². The van der Waals surface area contributed by atoms with E-state index in [1.807, 2.05) is 12.1 Å². The van der Waals surface area contributed by atoms with Gasteiger partial charge in [0.2, 0.25) is 0 Å². The summed E-state index contributed by atoms with van der Waals surface area (Å²) >= 11 is 0. The summed E-state index contributed by atoms with van der Waals surface area (Å²) in [5.41, 5.74) is 1.37. The second-order valence-electron chi connectivity index (χ2n) is 3.06. The monoisotopic (exact) mass is 186 g/mol. The van der Waals surface area contributed by atoms with Crippen molar-refractivity contribution in [3.63, 3.8) is 0 Å². The van der Waals surface area contributed by atoms with E-state index in [1.165, 1.54) is 0 Å². The molecular formula is C10H11NaO2. The Bertz CT molecular complexity index is 277. The average molecular weight is 186 g/mol. The number of hydrogen-bond donors (Lipinski definition) is 0. The molecule has 2 nitrogen and oxygen atoms in total. The molecule has 0 aliphatic rings. The first-order chi connectivity index (χ1) is 5.61. The SMILES string of the molecule is CC(C)c1ccc(C(=O)[O-])cc1.[Na+]. The van der Waals surface area contributed by atoms with Gasteiger partial charge in [0.05, 0.1) is 5.97 Å². The van der Waals surface area contributed by atoms with Crippen molar-refractivity contribution in [3.05, 3.63) is 35.4 Å². The van der Waals surface area contributed by atoms with Crippen molar-refractivity contribution >= 4 is 5.97 Å². The minimum atomic E-state index is -1.12. The molecule has 0 radical (unpaired) electrons. The van der Waals surface area contributed by atoms with Crippen LogP contribution in [0, 0.1) is 0 Å². The van der Waals surface area contributed by atoms with Crippen molar-refractivity contribution in [3.8, 4) is 0 Å². The van der Waals surface area contributed by atoms with Crippen LogP contribution < -0.4 is 34.7 Å². The molecule has 1 aromatic carbocycles. The molecule has 1 aromatic rings. The largest absolute Gasteiger partial charge is 1.00 e. The first-order valence-electron chi connectivity index (χ1n) is 3.92. The summed E-state index contributed by atoms with van der Waals surface area (Å²) in [7, 11) is 0. The number of carbonyl (C=O) groups excluding carboxylic acids is 1. The molecule has 0 unspecified atom stereocenters. The van der Waals surface area contributed by atoms with E-state index in [1.54, 1.807) is 12.1 Å². The Morgan fingerprint density at radius 1 is 1.23 bits per heavy atom. The van der Waals surface area contributed by atoms with Crippen LogP contribution in [0.3, 0.4) is 0 Å². The quantitative estimate of drug-likeness (QED) is 0.510. The maximum atomic E-state index is 10.4. The van der Waals surface area contributed by atoms with Crippen molar-refractivity contribution in [2.24, 2.45) is 0 Å². The van der Waals surface area contributed by atoms with Gasteiger partial charge in [-0.25, -0.2) is 0 Å². The van der Waals surface area contributed by atoms with E-state index in [4.69, 9.17) is 0 Å². The molecule has 0 spiro atoms. The predicted molar refractivity (Wildman–Crippen MR) is 44.9 cm³/mol. The van der Waals surface area contributed by atoms with Crippen molar-refractivity contribution in [2.75, 3.05) is 0 Å². The van der Waals surface area contributed by atoms with Gasteiger partial charge in [-0.1, -0.05) is 38.1 Å². The molecule has 0 fully saturated rings. The molecule has 13 heavy (non-hydrogen) atoms. The molecule has 0 bridgehead atoms. The summed E-state index contributed by atoms with van der Waals surface area (Å²) in [4.78, 5) is 10.4. The number of hydrogen-bond acceptors (Lipinski definition) is 2. The Balaban J connectivity index is 0.00000144. The average Bonchev–Trinajstić information content (AvgIpc) is 2.04. The second-order valence-corrected chi connectivity index (χ2v) is 3.06. The number of carboxylic acid groups (broad SMARTS) is 1. The number of carboxylic acids is 1. The Labute approximate surface area is 100 Å². The van der Waals surface area contributed by atoms with E-state index in [0.29, 0.717) is 5.92 Å². The third-order valence-electron chi connectivity index (χ3n) is 1.81. The Kier molecular flexibility index (Phi) is 5.30. The van der Waals surface area contributed by atoms with Crippen LogP contribution in [0.4, 0.5) is 0 Å². The minimum absolute atomic E-state index is 0. The first kappa shape index (κ1) is 12.7. The molecule has 0 aliphatic heterocycles. The van der Waals surface area contributed by atoms with E-state index >= 15 is 0 Å². The van der Waals surface area contributed by atoms with E-state index in [0.717, 1.165) is 5.56 Å². The molecule has 0 aromatic heterocycles. The number of rotatable bonds is 2. The Hall–Kier alpha value is -0.310. The van der Waals surface area contributed by atoms with Crippen molar-refractivity contribution < 1.29 is 39.5 Å². The molecule has 64 valence electrons. The number of aromatic carboxylic acids is 1. The molecule has 1 rings (SSSR count). The van der Waals surface area contributed by atoms with Crippen molar-refractivity contribution in [1.29, 1.82) is 0 Å². The van der Waals surface area contributed by atoms with Gasteiger partial charge in [-0.2, -0.15) is 0 Å². The predicted octanol–water partition coefficient (Wildman–Crippen LogP) is -1.82. The Morgan fingerprint density at radius 2 is 1.69 bits per heavy atom. The van der Waals surface area contributed by atoms with E-state index < -0.39 is 5.97 Å². The zero-order valence-electron chi connectivity index (χ0n) is 8.20. The Morgan fingerprint density at radius 3 is 2.00 bits per heavy atom. The molecule has 0 saturated carbocycles. The fourth-order valence-electron chi connectivity index (χ4n) is 1.00. The van der Waals surface area contributed by atoms with Crippen LogP contribution in [0.2, 0.25) is 0 Å². The molecule has 0 N–H and O–H groups in total. The summed E-state index contributed by atoms with van der Waals surface area (Å²) in [6.07, 6.45) is 0. The molecule has 3 heteroatoms. The van der Waals surface area contributed by atoms with Gasteiger partial charge in [-0.15, -0.1) is 0 Å². The standard InChI is InChI=1S/C10H12O2.Na/c1-7(2)8-3-5-9(6-4-8)10(11)12;/h3-7H,1-2H3,(H,11,12);/q;+1/p-1. The third-order valence-corrected chi connectivity index (χ3v) is 1.81. The molecule has 0 atom stereocenters. The topological polar surface area (TPSA) is 40.1 Å². The van der Waals surface area contributed by atoms with Gasteiger partial charge in [-0.05, 0) is 17.0 Å². The normalized spacial score (nSPS) is 9.46. The smallest absolute Gasteiger partial charge is 0.545 e. The van der Waals surface area contributed by atoms with Gasteiger partial charge in [-0.3, -0.25) is 0 Å². The van der Waals surface area contributed by atoms with E-state index in [2.05, 4.69) is 13.8 Å². The van der Waals surface area contributed by atoms with Crippen LogP contribution in [0.15, 0.2) is 24.3 Å². The fraction of sp³-hybridized carbons (Fsp3) is 0.300. The van der Waals surface area contributed by atoms with Crippen LogP contribution in [0.5, 0.6) is 0 Å². The maximum absolute atomic E-state index is 10.4.